The fourth-order valence-electron chi connectivity index (χ4n) is 4.43. The molecule has 0 unspecified atom stereocenters. The number of aromatic nitrogens is 3. The summed E-state index contributed by atoms with van der Waals surface area (Å²) >= 11 is 5.94. The standard InChI is InChI=1S/C28H25BrN4O7S2/c1-6-39-25(35)21-14(2)32-28-33(22(21)15-10-18(36-3)23(38-5)19(11-15)37-4)24(34)20(41-28)13-16-12-17(29)26(40-16)42-27-30-8-7-9-31-27/h7-13,22H,6H2,1-5H3/b20-13+/t22-/m1/s1. The molecule has 5 rings (SSSR count). The second-order valence-corrected chi connectivity index (χ2v) is 11.5. The van der Waals surface area contributed by atoms with Crippen LogP contribution in [0.4, 0.5) is 0 Å². The molecule has 0 bridgehead atoms. The number of furan rings is 1. The number of halogens is 1. The molecular weight excluding hydrogens is 648 g/mol. The number of carbonyl (C=O) groups is 1. The second-order valence-electron chi connectivity index (χ2n) is 8.68. The van der Waals surface area contributed by atoms with E-state index in [4.69, 9.17) is 23.4 Å². The highest BCUT2D eigenvalue weighted by atomic mass is 79.9. The lowest BCUT2D eigenvalue weighted by molar-refractivity contribution is -0.139. The van der Waals surface area contributed by atoms with Crippen LogP contribution in [0.5, 0.6) is 17.2 Å². The molecule has 0 aliphatic carbocycles. The first-order valence-corrected chi connectivity index (χ1v) is 15.0. The van der Waals surface area contributed by atoms with Gasteiger partial charge < -0.3 is 23.4 Å². The molecule has 4 heterocycles. The topological polar surface area (TPSA) is 127 Å². The van der Waals surface area contributed by atoms with Gasteiger partial charge in [-0.1, -0.05) is 11.3 Å². The summed E-state index contributed by atoms with van der Waals surface area (Å²) in [6.07, 6.45) is 4.93. The molecular formula is C28H25BrN4O7S2. The van der Waals surface area contributed by atoms with Crippen LogP contribution < -0.4 is 29.1 Å². The number of esters is 1. The van der Waals surface area contributed by atoms with Crippen molar-refractivity contribution in [1.29, 1.82) is 0 Å². The molecule has 3 aromatic heterocycles. The molecule has 4 aromatic rings. The molecule has 42 heavy (non-hydrogen) atoms. The predicted molar refractivity (Wildman–Crippen MR) is 159 cm³/mol. The number of ether oxygens (including phenoxy) is 4. The van der Waals surface area contributed by atoms with Gasteiger partial charge in [0.1, 0.15) is 5.76 Å². The molecule has 1 atom stereocenters. The van der Waals surface area contributed by atoms with Crippen LogP contribution in [0.1, 0.15) is 31.2 Å². The maximum atomic E-state index is 14.0. The van der Waals surface area contributed by atoms with Gasteiger partial charge in [0.2, 0.25) is 5.75 Å². The van der Waals surface area contributed by atoms with E-state index in [9.17, 15) is 9.59 Å². The van der Waals surface area contributed by atoms with Gasteiger partial charge in [-0.2, -0.15) is 0 Å². The molecule has 14 heteroatoms. The molecule has 0 N–H and O–H groups in total. The van der Waals surface area contributed by atoms with Crippen molar-refractivity contribution in [3.05, 3.63) is 83.4 Å². The number of allylic oxidation sites excluding steroid dienone is 1. The van der Waals surface area contributed by atoms with Crippen LogP contribution in [-0.2, 0) is 9.53 Å². The van der Waals surface area contributed by atoms with E-state index in [-0.39, 0.29) is 17.7 Å². The van der Waals surface area contributed by atoms with Crippen LogP contribution in [0.15, 0.2) is 76.9 Å². The Morgan fingerprint density at radius 1 is 1.14 bits per heavy atom. The number of carbonyl (C=O) groups excluding carboxylic acids is 1. The van der Waals surface area contributed by atoms with Gasteiger partial charge in [-0.15, -0.1) is 0 Å². The molecule has 0 saturated heterocycles. The lowest BCUT2D eigenvalue weighted by Gasteiger charge is -2.26. The van der Waals surface area contributed by atoms with Gasteiger partial charge in [0, 0.05) is 18.5 Å². The first kappa shape index (κ1) is 29.6. The Labute approximate surface area is 256 Å². The van der Waals surface area contributed by atoms with Crippen molar-refractivity contribution < 1.29 is 28.2 Å². The van der Waals surface area contributed by atoms with Crippen molar-refractivity contribution in [2.24, 2.45) is 4.99 Å². The number of fused-ring (bicyclic) bond motifs is 1. The molecule has 0 saturated carbocycles. The van der Waals surface area contributed by atoms with E-state index in [1.807, 2.05) is 0 Å². The molecule has 0 spiro atoms. The fraction of sp³-hybridized carbons (Fsp3) is 0.250. The lowest BCUT2D eigenvalue weighted by atomic mass is 9.95. The predicted octanol–water partition coefficient (Wildman–Crippen LogP) is 4.12. The van der Waals surface area contributed by atoms with E-state index in [1.54, 1.807) is 56.6 Å². The zero-order chi connectivity index (χ0) is 30.0. The minimum atomic E-state index is -0.874. The lowest BCUT2D eigenvalue weighted by Crippen LogP contribution is -2.40. The number of hydrogen-bond acceptors (Lipinski definition) is 12. The van der Waals surface area contributed by atoms with Gasteiger partial charge in [-0.25, -0.2) is 19.8 Å². The summed E-state index contributed by atoms with van der Waals surface area (Å²) < 4.78 is 30.5. The second kappa shape index (κ2) is 12.5. The van der Waals surface area contributed by atoms with Gasteiger partial charge in [0.05, 0.1) is 54.3 Å². The zero-order valence-corrected chi connectivity index (χ0v) is 26.4. The number of benzene rings is 1. The Hall–Kier alpha value is -3.88. The third-order valence-electron chi connectivity index (χ3n) is 6.19. The molecule has 11 nitrogen and oxygen atoms in total. The number of methoxy groups -OCH3 is 3. The Morgan fingerprint density at radius 2 is 1.83 bits per heavy atom. The molecule has 1 aliphatic heterocycles. The smallest absolute Gasteiger partial charge is 0.338 e. The van der Waals surface area contributed by atoms with E-state index in [0.717, 1.165) is 0 Å². The first-order valence-electron chi connectivity index (χ1n) is 12.5. The Bertz CT molecular complexity index is 1840. The maximum absolute atomic E-state index is 14.0. The van der Waals surface area contributed by atoms with Crippen molar-refractivity contribution in [2.75, 3.05) is 27.9 Å². The summed E-state index contributed by atoms with van der Waals surface area (Å²) in [5.41, 5.74) is 0.853. The van der Waals surface area contributed by atoms with Crippen LogP contribution in [0.3, 0.4) is 0 Å². The quantitative estimate of drug-likeness (QED) is 0.189. The highest BCUT2D eigenvalue weighted by Crippen LogP contribution is 2.42. The van der Waals surface area contributed by atoms with Gasteiger partial charge in [0.25, 0.3) is 5.56 Å². The Morgan fingerprint density at radius 3 is 2.45 bits per heavy atom. The fourth-order valence-corrected chi connectivity index (χ4v) is 6.69. The summed E-state index contributed by atoms with van der Waals surface area (Å²) in [6, 6.07) is 6.03. The van der Waals surface area contributed by atoms with Gasteiger partial charge in [0.15, 0.2) is 26.5 Å². The number of hydrogen-bond donors (Lipinski definition) is 0. The van der Waals surface area contributed by atoms with Crippen molar-refractivity contribution in [3.63, 3.8) is 0 Å². The summed E-state index contributed by atoms with van der Waals surface area (Å²) in [7, 11) is 4.50. The Kier molecular flexibility index (Phi) is 8.85. The van der Waals surface area contributed by atoms with E-state index in [1.165, 1.54) is 49.0 Å². The van der Waals surface area contributed by atoms with E-state index < -0.39 is 12.0 Å². The third-order valence-corrected chi connectivity index (χ3v) is 8.91. The van der Waals surface area contributed by atoms with E-state index >= 15 is 0 Å². The summed E-state index contributed by atoms with van der Waals surface area (Å²) in [5.74, 6) is 0.995. The first-order chi connectivity index (χ1) is 20.3. The number of thiazole rings is 1. The average molecular weight is 674 g/mol. The average Bonchev–Trinajstić information content (AvgIpc) is 3.48. The van der Waals surface area contributed by atoms with Crippen LogP contribution in [0.25, 0.3) is 6.08 Å². The van der Waals surface area contributed by atoms with Crippen molar-refractivity contribution in [3.8, 4) is 17.2 Å². The summed E-state index contributed by atoms with van der Waals surface area (Å²) in [5, 5.41) is 1.06. The van der Waals surface area contributed by atoms with E-state index in [2.05, 4.69) is 30.9 Å². The normalized spacial score (nSPS) is 14.8. The highest BCUT2D eigenvalue weighted by molar-refractivity contribution is 9.10. The van der Waals surface area contributed by atoms with Crippen LogP contribution in [-0.4, -0.2) is 48.4 Å². The van der Waals surface area contributed by atoms with Crippen LogP contribution in [0.2, 0.25) is 0 Å². The SMILES string of the molecule is CCOC(=O)C1=C(C)N=c2s/c(=C/c3cc(Br)c(Sc4ncccn4)o3)c(=O)n2[C@@H]1c1cc(OC)c(OC)c(OC)c1. The zero-order valence-electron chi connectivity index (χ0n) is 23.2. The molecule has 0 amide bonds. The summed E-state index contributed by atoms with van der Waals surface area (Å²) in [4.78, 5) is 40.7. The Balaban J connectivity index is 1.67. The molecule has 0 fully saturated rings. The molecule has 0 radical (unpaired) electrons. The summed E-state index contributed by atoms with van der Waals surface area (Å²) in [6.45, 7) is 3.59. The van der Waals surface area contributed by atoms with Gasteiger partial charge in [-0.3, -0.25) is 9.36 Å². The van der Waals surface area contributed by atoms with E-state index in [0.29, 0.717) is 58.3 Å². The van der Waals surface area contributed by atoms with Gasteiger partial charge >= 0.3 is 5.97 Å². The largest absolute Gasteiger partial charge is 0.493 e. The monoisotopic (exact) mass is 672 g/mol. The van der Waals surface area contributed by atoms with Crippen molar-refractivity contribution >= 4 is 51.1 Å². The number of rotatable bonds is 9. The molecule has 1 aromatic carbocycles. The minimum Gasteiger partial charge on any atom is -0.493 e. The maximum Gasteiger partial charge on any atom is 0.338 e. The number of nitrogens with zero attached hydrogens (tertiary/aromatic N) is 4. The van der Waals surface area contributed by atoms with Crippen molar-refractivity contribution in [1.82, 2.24) is 14.5 Å². The molecule has 1 aliphatic rings. The van der Waals surface area contributed by atoms with Crippen molar-refractivity contribution in [2.45, 2.75) is 30.1 Å². The molecule has 218 valence electrons. The van der Waals surface area contributed by atoms with Crippen LogP contribution in [0, 0.1) is 0 Å². The highest BCUT2D eigenvalue weighted by Gasteiger charge is 2.34. The van der Waals surface area contributed by atoms with Gasteiger partial charge in [-0.05, 0) is 71.4 Å². The minimum absolute atomic E-state index is 0.156. The third kappa shape index (κ3) is 5.61. The van der Waals surface area contributed by atoms with Crippen LogP contribution >= 0.6 is 39.0 Å².